The number of hydrogen-bond acceptors (Lipinski definition) is 5. The maximum Gasteiger partial charge on any atom is 0.252 e. The molecule has 2 N–H and O–H groups in total. The summed E-state index contributed by atoms with van der Waals surface area (Å²) in [7, 11) is 0. The molecule has 2 aromatic heterocycles. The highest BCUT2D eigenvalue weighted by atomic mass is 16.1. The van der Waals surface area contributed by atoms with E-state index in [4.69, 9.17) is 0 Å². The first-order valence-electron chi connectivity index (χ1n) is 7.12. The Morgan fingerprint density at radius 3 is 2.90 bits per heavy atom. The zero-order valence-electron chi connectivity index (χ0n) is 12.1. The highest BCUT2D eigenvalue weighted by Crippen LogP contribution is 2.05. The van der Waals surface area contributed by atoms with Gasteiger partial charge in [0.15, 0.2) is 0 Å². The van der Waals surface area contributed by atoms with E-state index in [2.05, 4.69) is 32.9 Å². The fourth-order valence-corrected chi connectivity index (χ4v) is 1.78. The number of amides is 1. The Labute approximate surface area is 123 Å². The lowest BCUT2D eigenvalue weighted by molar-refractivity contribution is 0.0952. The largest absolute Gasteiger partial charge is 0.370 e. The number of aryl methyl sites for hydroxylation is 1. The molecular weight excluding hydrogens is 268 g/mol. The van der Waals surface area contributed by atoms with Crippen LogP contribution in [0.2, 0.25) is 0 Å². The fraction of sp³-hybridized carbons (Fsp3) is 0.429. The van der Waals surface area contributed by atoms with E-state index in [1.54, 1.807) is 29.3 Å². The minimum absolute atomic E-state index is 0.108. The van der Waals surface area contributed by atoms with E-state index in [0.29, 0.717) is 12.1 Å². The van der Waals surface area contributed by atoms with Gasteiger partial charge in [0.25, 0.3) is 5.91 Å². The molecule has 0 saturated heterocycles. The first kappa shape index (κ1) is 15.0. The molecule has 0 aliphatic carbocycles. The van der Waals surface area contributed by atoms with Crippen LogP contribution in [0, 0.1) is 0 Å². The number of aromatic nitrogens is 4. The second-order valence-electron chi connectivity index (χ2n) is 4.63. The van der Waals surface area contributed by atoms with Crippen LogP contribution in [0.4, 0.5) is 5.82 Å². The van der Waals surface area contributed by atoms with Crippen LogP contribution in [0.1, 0.15) is 30.1 Å². The van der Waals surface area contributed by atoms with Gasteiger partial charge in [0.1, 0.15) is 5.82 Å². The SMILES string of the molecule is CCCNc1ccc(C(=O)NCCCn2ccnn2)cn1. The van der Waals surface area contributed by atoms with Gasteiger partial charge in [0.05, 0.1) is 11.8 Å². The molecule has 112 valence electrons. The number of nitrogens with one attached hydrogen (secondary N) is 2. The maximum atomic E-state index is 11.9. The zero-order valence-corrected chi connectivity index (χ0v) is 12.1. The molecule has 0 aromatic carbocycles. The average molecular weight is 288 g/mol. The molecule has 1 amide bonds. The molecule has 7 nitrogen and oxygen atoms in total. The molecule has 0 unspecified atom stereocenters. The second-order valence-corrected chi connectivity index (χ2v) is 4.63. The number of rotatable bonds is 8. The van der Waals surface area contributed by atoms with E-state index in [1.165, 1.54) is 0 Å². The molecular formula is C14H20N6O. The summed E-state index contributed by atoms with van der Waals surface area (Å²) in [4.78, 5) is 16.1. The third-order valence-corrected chi connectivity index (χ3v) is 2.90. The van der Waals surface area contributed by atoms with Gasteiger partial charge in [0.2, 0.25) is 0 Å². The molecule has 0 saturated carbocycles. The summed E-state index contributed by atoms with van der Waals surface area (Å²) in [5.41, 5.74) is 0.567. The Kier molecular flexibility index (Phi) is 5.69. The van der Waals surface area contributed by atoms with Crippen molar-refractivity contribution < 1.29 is 4.79 Å². The van der Waals surface area contributed by atoms with E-state index in [0.717, 1.165) is 31.7 Å². The third kappa shape index (κ3) is 4.87. The zero-order chi connectivity index (χ0) is 14.9. The van der Waals surface area contributed by atoms with Gasteiger partial charge in [-0.25, -0.2) is 4.98 Å². The van der Waals surface area contributed by atoms with E-state index in [9.17, 15) is 4.79 Å². The van der Waals surface area contributed by atoms with Gasteiger partial charge < -0.3 is 10.6 Å². The fourth-order valence-electron chi connectivity index (χ4n) is 1.78. The van der Waals surface area contributed by atoms with Crippen molar-refractivity contribution in [1.82, 2.24) is 25.3 Å². The number of carbonyl (C=O) groups is 1. The Bertz CT molecular complexity index is 537. The van der Waals surface area contributed by atoms with E-state index < -0.39 is 0 Å². The van der Waals surface area contributed by atoms with Crippen LogP contribution in [-0.2, 0) is 6.54 Å². The Morgan fingerprint density at radius 1 is 1.33 bits per heavy atom. The van der Waals surface area contributed by atoms with Crippen LogP contribution in [-0.4, -0.2) is 39.0 Å². The molecule has 0 spiro atoms. The number of hydrogen-bond donors (Lipinski definition) is 2. The molecule has 0 fully saturated rings. The van der Waals surface area contributed by atoms with Crippen molar-refractivity contribution >= 4 is 11.7 Å². The summed E-state index contributed by atoms with van der Waals surface area (Å²) in [5.74, 6) is 0.683. The Hall–Kier alpha value is -2.44. The summed E-state index contributed by atoms with van der Waals surface area (Å²) in [6.07, 6.45) is 6.87. The molecule has 0 atom stereocenters. The van der Waals surface area contributed by atoms with Crippen LogP contribution >= 0.6 is 0 Å². The highest BCUT2D eigenvalue weighted by molar-refractivity contribution is 5.93. The lowest BCUT2D eigenvalue weighted by Gasteiger charge is -2.07. The quantitative estimate of drug-likeness (QED) is 0.716. The van der Waals surface area contributed by atoms with Crippen molar-refractivity contribution in [3.63, 3.8) is 0 Å². The summed E-state index contributed by atoms with van der Waals surface area (Å²) in [5, 5.41) is 13.6. The number of pyridine rings is 1. The van der Waals surface area contributed by atoms with Gasteiger partial charge in [-0.2, -0.15) is 0 Å². The van der Waals surface area contributed by atoms with Crippen molar-refractivity contribution in [2.75, 3.05) is 18.4 Å². The van der Waals surface area contributed by atoms with Crippen LogP contribution in [0.5, 0.6) is 0 Å². The number of carbonyl (C=O) groups excluding carboxylic acids is 1. The van der Waals surface area contributed by atoms with Gasteiger partial charge in [-0.3, -0.25) is 9.48 Å². The summed E-state index contributed by atoms with van der Waals surface area (Å²) >= 11 is 0. The molecule has 7 heteroatoms. The van der Waals surface area contributed by atoms with E-state index in [1.807, 2.05) is 6.07 Å². The van der Waals surface area contributed by atoms with Crippen LogP contribution < -0.4 is 10.6 Å². The maximum absolute atomic E-state index is 11.9. The predicted octanol–water partition coefficient (Wildman–Crippen LogP) is 1.32. The van der Waals surface area contributed by atoms with Gasteiger partial charge in [0, 0.05) is 32.0 Å². The van der Waals surface area contributed by atoms with Gasteiger partial charge in [-0.05, 0) is 25.0 Å². The summed E-state index contributed by atoms with van der Waals surface area (Å²) < 4.78 is 1.74. The van der Waals surface area contributed by atoms with Crippen LogP contribution in [0.25, 0.3) is 0 Å². The van der Waals surface area contributed by atoms with Crippen molar-refractivity contribution in [1.29, 1.82) is 0 Å². The number of nitrogens with zero attached hydrogens (tertiary/aromatic N) is 4. The van der Waals surface area contributed by atoms with Crippen molar-refractivity contribution in [3.05, 3.63) is 36.3 Å². The molecule has 2 heterocycles. The number of anilines is 1. The normalized spacial score (nSPS) is 10.3. The standard InChI is InChI=1S/C14H20N6O/c1-2-6-15-13-5-4-12(11-17-13)14(21)16-7-3-9-20-10-8-18-19-20/h4-5,8,10-11H,2-3,6-7,9H2,1H3,(H,15,17)(H,16,21). The molecule has 0 aliphatic heterocycles. The molecule has 2 aromatic rings. The monoisotopic (exact) mass is 288 g/mol. The molecule has 2 rings (SSSR count). The Morgan fingerprint density at radius 2 is 2.24 bits per heavy atom. The highest BCUT2D eigenvalue weighted by Gasteiger charge is 2.05. The van der Waals surface area contributed by atoms with Crippen LogP contribution in [0.15, 0.2) is 30.7 Å². The lowest BCUT2D eigenvalue weighted by Crippen LogP contribution is -2.25. The van der Waals surface area contributed by atoms with Gasteiger partial charge in [-0.15, -0.1) is 5.10 Å². The minimum Gasteiger partial charge on any atom is -0.370 e. The first-order chi connectivity index (χ1) is 10.3. The van der Waals surface area contributed by atoms with Gasteiger partial charge >= 0.3 is 0 Å². The van der Waals surface area contributed by atoms with Crippen molar-refractivity contribution in [2.45, 2.75) is 26.3 Å². The summed E-state index contributed by atoms with van der Waals surface area (Å²) in [6.45, 7) is 4.29. The van der Waals surface area contributed by atoms with E-state index >= 15 is 0 Å². The van der Waals surface area contributed by atoms with Crippen molar-refractivity contribution in [3.8, 4) is 0 Å². The molecule has 21 heavy (non-hydrogen) atoms. The lowest BCUT2D eigenvalue weighted by atomic mass is 10.2. The topological polar surface area (TPSA) is 84.7 Å². The van der Waals surface area contributed by atoms with E-state index in [-0.39, 0.29) is 5.91 Å². The van der Waals surface area contributed by atoms with Crippen molar-refractivity contribution in [2.24, 2.45) is 0 Å². The molecule has 0 radical (unpaired) electrons. The smallest absolute Gasteiger partial charge is 0.252 e. The second kappa shape index (κ2) is 7.98. The Balaban J connectivity index is 1.72. The molecule has 0 bridgehead atoms. The minimum atomic E-state index is -0.108. The third-order valence-electron chi connectivity index (χ3n) is 2.90. The average Bonchev–Trinajstić information content (AvgIpc) is 3.03. The van der Waals surface area contributed by atoms with Crippen LogP contribution in [0.3, 0.4) is 0 Å². The first-order valence-corrected chi connectivity index (χ1v) is 7.12. The van der Waals surface area contributed by atoms with Gasteiger partial charge in [-0.1, -0.05) is 12.1 Å². The summed E-state index contributed by atoms with van der Waals surface area (Å²) in [6, 6.07) is 3.59. The molecule has 0 aliphatic rings. The predicted molar refractivity (Wildman–Crippen MR) is 80.0 cm³/mol.